The van der Waals surface area contributed by atoms with Crippen molar-refractivity contribution in [2.75, 3.05) is 11.4 Å². The number of hydrogen-bond acceptors (Lipinski definition) is 3. The van der Waals surface area contributed by atoms with E-state index >= 15 is 0 Å². The first-order valence-electron chi connectivity index (χ1n) is 10.9. The number of nitrogens with zero attached hydrogens (tertiary/aromatic N) is 4. The number of carbonyl (C=O) groups excluding carboxylic acids is 1. The number of amides is 1. The van der Waals surface area contributed by atoms with Gasteiger partial charge in [-0.1, -0.05) is 50.2 Å². The van der Waals surface area contributed by atoms with Crippen molar-refractivity contribution >= 4 is 33.4 Å². The molecular formula is C25H28N4O2. The lowest BCUT2D eigenvalue weighted by Gasteiger charge is -2.24. The molecule has 160 valence electrons. The van der Waals surface area contributed by atoms with Gasteiger partial charge in [0, 0.05) is 35.1 Å². The second kappa shape index (κ2) is 8.76. The molecule has 0 radical (unpaired) electrons. The van der Waals surface area contributed by atoms with Gasteiger partial charge in [-0.15, -0.1) is 0 Å². The highest BCUT2D eigenvalue weighted by atomic mass is 16.2. The molecule has 0 bridgehead atoms. The number of carbonyl (C=O) groups is 1. The van der Waals surface area contributed by atoms with Crippen LogP contribution in [0.3, 0.4) is 0 Å². The van der Waals surface area contributed by atoms with Gasteiger partial charge < -0.3 is 9.47 Å². The molecule has 1 amide bonds. The van der Waals surface area contributed by atoms with Crippen molar-refractivity contribution in [3.8, 4) is 0 Å². The van der Waals surface area contributed by atoms with Gasteiger partial charge in [0.25, 0.3) is 5.56 Å². The van der Waals surface area contributed by atoms with E-state index in [-0.39, 0.29) is 18.0 Å². The molecule has 0 aliphatic heterocycles. The van der Waals surface area contributed by atoms with Gasteiger partial charge in [-0.3, -0.25) is 9.59 Å². The number of anilines is 1. The molecule has 0 atom stereocenters. The molecule has 0 spiro atoms. The molecule has 6 heteroatoms. The maximum atomic E-state index is 13.4. The summed E-state index contributed by atoms with van der Waals surface area (Å²) < 4.78 is 3.36. The van der Waals surface area contributed by atoms with E-state index < -0.39 is 0 Å². The average Bonchev–Trinajstić information content (AvgIpc) is 3.09. The van der Waals surface area contributed by atoms with Gasteiger partial charge in [-0.2, -0.15) is 5.10 Å². The number of fused-ring (bicyclic) bond motifs is 3. The monoisotopic (exact) mass is 416 g/mol. The lowest BCUT2D eigenvalue weighted by Crippen LogP contribution is -2.38. The highest BCUT2D eigenvalue weighted by molar-refractivity contribution is 6.07. The summed E-state index contributed by atoms with van der Waals surface area (Å²) in [5.41, 5.74) is 3.32. The minimum atomic E-state index is -0.225. The summed E-state index contributed by atoms with van der Waals surface area (Å²) in [7, 11) is 0. The van der Waals surface area contributed by atoms with Crippen LogP contribution in [0.15, 0.2) is 59.5 Å². The van der Waals surface area contributed by atoms with Gasteiger partial charge in [0.1, 0.15) is 12.1 Å². The molecule has 2 aromatic carbocycles. The first-order chi connectivity index (χ1) is 15.1. The van der Waals surface area contributed by atoms with Crippen LogP contribution in [0, 0.1) is 6.92 Å². The van der Waals surface area contributed by atoms with Crippen molar-refractivity contribution in [3.63, 3.8) is 0 Å². The predicted molar refractivity (Wildman–Crippen MR) is 126 cm³/mol. The Morgan fingerprint density at radius 1 is 1.00 bits per heavy atom. The van der Waals surface area contributed by atoms with Crippen LogP contribution in [0.25, 0.3) is 21.8 Å². The molecule has 0 saturated carbocycles. The standard InChI is InChI=1S/C25H28N4O2/c1-4-14-27(21-12-8-6-10-18(21)3)23(30)17-29-25(31)24-20(16-26-29)19-11-7-9-13-22(19)28(24)15-5-2/h6-13,16H,4-5,14-15,17H2,1-3H3. The number of rotatable bonds is 7. The molecule has 0 aliphatic rings. The van der Waals surface area contributed by atoms with Gasteiger partial charge >= 0.3 is 0 Å². The molecule has 0 aliphatic carbocycles. The number of para-hydroxylation sites is 2. The van der Waals surface area contributed by atoms with Gasteiger partial charge in [0.05, 0.1) is 6.20 Å². The first-order valence-corrected chi connectivity index (χ1v) is 10.9. The van der Waals surface area contributed by atoms with E-state index in [2.05, 4.69) is 16.6 Å². The van der Waals surface area contributed by atoms with Crippen LogP contribution in [0.2, 0.25) is 0 Å². The van der Waals surface area contributed by atoms with Crippen LogP contribution >= 0.6 is 0 Å². The first kappa shape index (κ1) is 20.8. The third-order valence-electron chi connectivity index (χ3n) is 5.66. The largest absolute Gasteiger partial charge is 0.336 e. The van der Waals surface area contributed by atoms with E-state index in [1.165, 1.54) is 4.68 Å². The van der Waals surface area contributed by atoms with Crippen LogP contribution in [0.1, 0.15) is 32.3 Å². The number of hydrogen-bond donors (Lipinski definition) is 0. The molecule has 0 unspecified atom stereocenters. The van der Waals surface area contributed by atoms with Crippen molar-refractivity contribution in [3.05, 3.63) is 70.6 Å². The van der Waals surface area contributed by atoms with Crippen molar-refractivity contribution in [2.24, 2.45) is 0 Å². The Labute approximate surface area is 181 Å². The highest BCUT2D eigenvalue weighted by Crippen LogP contribution is 2.26. The van der Waals surface area contributed by atoms with E-state index in [0.29, 0.717) is 12.1 Å². The van der Waals surface area contributed by atoms with E-state index in [1.807, 2.05) is 62.4 Å². The Bertz CT molecular complexity index is 1300. The minimum Gasteiger partial charge on any atom is -0.336 e. The highest BCUT2D eigenvalue weighted by Gasteiger charge is 2.20. The summed E-state index contributed by atoms with van der Waals surface area (Å²) in [4.78, 5) is 28.4. The van der Waals surface area contributed by atoms with Crippen molar-refractivity contribution in [1.29, 1.82) is 0 Å². The topological polar surface area (TPSA) is 60.1 Å². The summed E-state index contributed by atoms with van der Waals surface area (Å²) in [6, 6.07) is 15.8. The summed E-state index contributed by atoms with van der Waals surface area (Å²) in [6.07, 6.45) is 3.45. The molecule has 2 aromatic heterocycles. The maximum Gasteiger partial charge on any atom is 0.291 e. The third-order valence-corrected chi connectivity index (χ3v) is 5.66. The van der Waals surface area contributed by atoms with E-state index in [0.717, 1.165) is 46.9 Å². The predicted octanol–water partition coefficient (Wildman–Crippen LogP) is 4.51. The molecule has 31 heavy (non-hydrogen) atoms. The number of benzene rings is 2. The van der Waals surface area contributed by atoms with Crippen molar-refractivity contribution in [1.82, 2.24) is 14.3 Å². The zero-order chi connectivity index (χ0) is 22.0. The number of aryl methyl sites for hydroxylation is 2. The summed E-state index contributed by atoms with van der Waals surface area (Å²) in [5.74, 6) is -0.136. The molecule has 6 nitrogen and oxygen atoms in total. The van der Waals surface area contributed by atoms with Gasteiger partial charge in [-0.25, -0.2) is 4.68 Å². The second-order valence-electron chi connectivity index (χ2n) is 7.87. The molecule has 4 rings (SSSR count). The Hall–Kier alpha value is -3.41. The molecule has 0 saturated heterocycles. The van der Waals surface area contributed by atoms with Crippen LogP contribution in [0.4, 0.5) is 5.69 Å². The molecular weight excluding hydrogens is 388 g/mol. The van der Waals surface area contributed by atoms with E-state index in [4.69, 9.17) is 0 Å². The average molecular weight is 417 g/mol. The lowest BCUT2D eigenvalue weighted by molar-refractivity contribution is -0.119. The zero-order valence-corrected chi connectivity index (χ0v) is 18.3. The van der Waals surface area contributed by atoms with Crippen LogP contribution in [-0.4, -0.2) is 26.8 Å². The fourth-order valence-electron chi connectivity index (χ4n) is 4.24. The Kier molecular flexibility index (Phi) is 5.89. The quantitative estimate of drug-likeness (QED) is 0.445. The van der Waals surface area contributed by atoms with Crippen LogP contribution in [-0.2, 0) is 17.9 Å². The maximum absolute atomic E-state index is 13.4. The SMILES string of the molecule is CCCN(C(=O)Cn1ncc2c3ccccc3n(CCC)c2c1=O)c1ccccc1C. The third kappa shape index (κ3) is 3.74. The molecule has 2 heterocycles. The zero-order valence-electron chi connectivity index (χ0n) is 18.3. The Morgan fingerprint density at radius 2 is 1.74 bits per heavy atom. The summed E-state index contributed by atoms with van der Waals surface area (Å²) in [6.45, 7) is 7.37. The Morgan fingerprint density at radius 3 is 2.48 bits per heavy atom. The van der Waals surface area contributed by atoms with Crippen molar-refractivity contribution in [2.45, 2.75) is 46.7 Å². The van der Waals surface area contributed by atoms with E-state index in [1.54, 1.807) is 11.1 Å². The van der Waals surface area contributed by atoms with Crippen LogP contribution < -0.4 is 10.5 Å². The summed E-state index contributed by atoms with van der Waals surface area (Å²) >= 11 is 0. The Balaban J connectivity index is 1.78. The van der Waals surface area contributed by atoms with Gasteiger partial charge in [0.15, 0.2) is 0 Å². The smallest absolute Gasteiger partial charge is 0.291 e. The lowest BCUT2D eigenvalue weighted by atomic mass is 10.1. The summed E-state index contributed by atoms with van der Waals surface area (Å²) in [5, 5.41) is 6.22. The fraction of sp³-hybridized carbons (Fsp3) is 0.320. The van der Waals surface area contributed by atoms with E-state index in [9.17, 15) is 9.59 Å². The van der Waals surface area contributed by atoms with Gasteiger partial charge in [0.2, 0.25) is 5.91 Å². The molecule has 0 fully saturated rings. The van der Waals surface area contributed by atoms with Gasteiger partial charge in [-0.05, 0) is 37.5 Å². The minimum absolute atomic E-state index is 0.0865. The number of aromatic nitrogens is 3. The van der Waals surface area contributed by atoms with Crippen LogP contribution in [0.5, 0.6) is 0 Å². The van der Waals surface area contributed by atoms with Crippen molar-refractivity contribution < 1.29 is 4.79 Å². The second-order valence-corrected chi connectivity index (χ2v) is 7.87. The fourth-order valence-corrected chi connectivity index (χ4v) is 4.24. The normalized spacial score (nSPS) is 11.3. The molecule has 4 aromatic rings. The molecule has 0 N–H and O–H groups in total.